The largest absolute Gasteiger partial charge is 0.446 e. The third kappa shape index (κ3) is 5.26. The van der Waals surface area contributed by atoms with Crippen LogP contribution < -0.4 is 5.32 Å². The minimum atomic E-state index is -4.37. The number of rotatable bonds is 3. The molecule has 1 amide bonds. The van der Waals surface area contributed by atoms with Crippen LogP contribution in [0.3, 0.4) is 0 Å². The van der Waals surface area contributed by atoms with Gasteiger partial charge in [-0.2, -0.15) is 18.4 Å². The number of carbonyl (C=O) groups is 1. The lowest BCUT2D eigenvalue weighted by molar-refractivity contribution is -0.115. The van der Waals surface area contributed by atoms with E-state index in [2.05, 4.69) is 5.32 Å². The smallest absolute Gasteiger partial charge is 0.325 e. The van der Waals surface area contributed by atoms with Crippen LogP contribution in [-0.2, 0) is 4.79 Å². The van der Waals surface area contributed by atoms with E-state index in [4.69, 9.17) is 5.26 Å². The predicted molar refractivity (Wildman–Crippen MR) is 57.2 cm³/mol. The molecule has 0 unspecified atom stereocenters. The van der Waals surface area contributed by atoms with Gasteiger partial charge in [0.25, 0.3) is 0 Å². The Morgan fingerprint density at radius 3 is 2.76 bits per heavy atom. The quantitative estimate of drug-likeness (QED) is 0.849. The monoisotopic (exact) mass is 260 g/mol. The average molecular weight is 260 g/mol. The Balaban J connectivity index is 2.73. The van der Waals surface area contributed by atoms with Gasteiger partial charge >= 0.3 is 5.51 Å². The van der Waals surface area contributed by atoms with Crippen LogP contribution >= 0.6 is 11.8 Å². The van der Waals surface area contributed by atoms with E-state index in [-0.39, 0.29) is 28.8 Å². The van der Waals surface area contributed by atoms with Crippen molar-refractivity contribution in [1.29, 1.82) is 5.26 Å². The van der Waals surface area contributed by atoms with E-state index in [0.29, 0.717) is 0 Å². The number of amides is 1. The number of halogens is 3. The highest BCUT2D eigenvalue weighted by atomic mass is 32.2. The maximum atomic E-state index is 12.1. The van der Waals surface area contributed by atoms with E-state index in [1.165, 1.54) is 24.3 Å². The summed E-state index contributed by atoms with van der Waals surface area (Å²) >= 11 is -0.261. The summed E-state index contributed by atoms with van der Waals surface area (Å²) in [6.07, 6.45) is -0.337. The summed E-state index contributed by atoms with van der Waals surface area (Å²) in [5, 5.41) is 10.6. The standard InChI is InChI=1S/C10H7F3N2OS/c11-10(12,13)17-8-3-1-2-7(6-8)15-9(16)4-5-14/h1-3,6H,4H2,(H,15,16). The van der Waals surface area contributed by atoms with Gasteiger partial charge in [-0.1, -0.05) is 6.07 Å². The summed E-state index contributed by atoms with van der Waals surface area (Å²) in [5.41, 5.74) is -4.13. The van der Waals surface area contributed by atoms with Gasteiger partial charge < -0.3 is 5.32 Å². The fourth-order valence-electron chi connectivity index (χ4n) is 1.05. The van der Waals surface area contributed by atoms with E-state index in [1.54, 1.807) is 6.07 Å². The van der Waals surface area contributed by atoms with E-state index in [9.17, 15) is 18.0 Å². The molecule has 90 valence electrons. The summed E-state index contributed by atoms with van der Waals surface area (Å²) in [5.74, 6) is -0.554. The number of nitrogens with one attached hydrogen (secondary N) is 1. The Bertz CT molecular complexity index is 454. The van der Waals surface area contributed by atoms with Crippen molar-refractivity contribution in [3.8, 4) is 6.07 Å². The Kier molecular flexibility index (Phi) is 4.40. The predicted octanol–water partition coefficient (Wildman–Crippen LogP) is 3.15. The number of alkyl halides is 3. The van der Waals surface area contributed by atoms with Crippen molar-refractivity contribution in [3.63, 3.8) is 0 Å². The average Bonchev–Trinajstić information content (AvgIpc) is 2.15. The van der Waals surface area contributed by atoms with Crippen molar-refractivity contribution in [2.45, 2.75) is 16.8 Å². The number of anilines is 1. The molecule has 0 bridgehead atoms. The van der Waals surface area contributed by atoms with E-state index in [1.807, 2.05) is 0 Å². The number of carbonyl (C=O) groups excluding carboxylic acids is 1. The van der Waals surface area contributed by atoms with E-state index < -0.39 is 11.4 Å². The zero-order chi connectivity index (χ0) is 12.9. The van der Waals surface area contributed by atoms with E-state index in [0.717, 1.165) is 0 Å². The number of benzene rings is 1. The second kappa shape index (κ2) is 5.59. The van der Waals surface area contributed by atoms with Gasteiger partial charge in [0.15, 0.2) is 0 Å². The molecule has 7 heteroatoms. The zero-order valence-corrected chi connectivity index (χ0v) is 9.23. The SMILES string of the molecule is N#CCC(=O)Nc1cccc(SC(F)(F)F)c1. The molecule has 0 fully saturated rings. The molecule has 0 atom stereocenters. The van der Waals surface area contributed by atoms with Gasteiger partial charge in [0.2, 0.25) is 5.91 Å². The lowest BCUT2D eigenvalue weighted by atomic mass is 10.3. The van der Waals surface area contributed by atoms with Crippen LogP contribution in [0.4, 0.5) is 18.9 Å². The number of hydrogen-bond donors (Lipinski definition) is 1. The molecule has 0 aliphatic heterocycles. The van der Waals surface area contributed by atoms with Gasteiger partial charge in [0.1, 0.15) is 6.42 Å². The van der Waals surface area contributed by atoms with Crippen LogP contribution in [0.2, 0.25) is 0 Å². The molecule has 3 nitrogen and oxygen atoms in total. The number of thioether (sulfide) groups is 1. The summed E-state index contributed by atoms with van der Waals surface area (Å²) in [6, 6.07) is 6.99. The molecule has 1 N–H and O–H groups in total. The lowest BCUT2D eigenvalue weighted by Crippen LogP contribution is -2.10. The molecule has 17 heavy (non-hydrogen) atoms. The summed E-state index contributed by atoms with van der Waals surface area (Å²) in [7, 11) is 0. The molecule has 0 aliphatic carbocycles. The minimum absolute atomic E-state index is 0.0211. The third-order valence-corrected chi connectivity index (χ3v) is 2.31. The van der Waals surface area contributed by atoms with Crippen molar-refractivity contribution in [2.75, 3.05) is 5.32 Å². The topological polar surface area (TPSA) is 52.9 Å². The van der Waals surface area contributed by atoms with Crippen molar-refractivity contribution < 1.29 is 18.0 Å². The van der Waals surface area contributed by atoms with Gasteiger partial charge in [-0.15, -0.1) is 0 Å². The molecule has 1 aromatic carbocycles. The molecule has 1 aromatic rings. The van der Waals surface area contributed by atoms with Crippen molar-refractivity contribution in [1.82, 2.24) is 0 Å². The highest BCUT2D eigenvalue weighted by Gasteiger charge is 2.29. The van der Waals surface area contributed by atoms with Crippen LogP contribution in [0, 0.1) is 11.3 Å². The molecule has 0 radical (unpaired) electrons. The van der Waals surface area contributed by atoms with Gasteiger partial charge in [-0.05, 0) is 30.0 Å². The van der Waals surface area contributed by atoms with Gasteiger partial charge in [-0.25, -0.2) is 0 Å². The molecule has 0 saturated carbocycles. The first-order chi connectivity index (χ1) is 7.90. The molecule has 0 heterocycles. The summed E-state index contributed by atoms with van der Waals surface area (Å²) in [6.45, 7) is 0. The molecule has 0 saturated heterocycles. The number of nitrogens with zero attached hydrogens (tertiary/aromatic N) is 1. The van der Waals surface area contributed by atoms with Crippen LogP contribution in [0.5, 0.6) is 0 Å². The number of hydrogen-bond acceptors (Lipinski definition) is 3. The van der Waals surface area contributed by atoms with Gasteiger partial charge in [-0.3, -0.25) is 4.79 Å². The maximum Gasteiger partial charge on any atom is 0.446 e. The molecular formula is C10H7F3N2OS. The summed E-state index contributed by atoms with van der Waals surface area (Å²) in [4.78, 5) is 11.0. The highest BCUT2D eigenvalue weighted by molar-refractivity contribution is 8.00. The lowest BCUT2D eigenvalue weighted by Gasteiger charge is -2.07. The fraction of sp³-hybridized carbons (Fsp3) is 0.200. The molecular weight excluding hydrogens is 253 g/mol. The van der Waals surface area contributed by atoms with Crippen molar-refractivity contribution in [3.05, 3.63) is 24.3 Å². The van der Waals surface area contributed by atoms with Crippen LogP contribution in [-0.4, -0.2) is 11.4 Å². The van der Waals surface area contributed by atoms with Crippen LogP contribution in [0.25, 0.3) is 0 Å². The Morgan fingerprint density at radius 2 is 2.18 bits per heavy atom. The summed E-state index contributed by atoms with van der Waals surface area (Å²) < 4.78 is 36.3. The highest BCUT2D eigenvalue weighted by Crippen LogP contribution is 2.37. The second-order valence-electron chi connectivity index (χ2n) is 2.96. The molecule has 0 spiro atoms. The first-order valence-corrected chi connectivity index (χ1v) is 5.25. The number of nitriles is 1. The fourth-order valence-corrected chi connectivity index (χ4v) is 1.65. The van der Waals surface area contributed by atoms with Gasteiger partial charge in [0, 0.05) is 10.6 Å². The van der Waals surface area contributed by atoms with Crippen molar-refractivity contribution >= 4 is 23.4 Å². The molecule has 0 aromatic heterocycles. The Morgan fingerprint density at radius 1 is 1.47 bits per heavy atom. The normalized spacial score (nSPS) is 10.7. The first kappa shape index (κ1) is 13.4. The van der Waals surface area contributed by atoms with E-state index >= 15 is 0 Å². The Labute approximate surface area is 99.6 Å². The molecule has 0 aliphatic rings. The minimum Gasteiger partial charge on any atom is -0.325 e. The van der Waals surface area contributed by atoms with Gasteiger partial charge in [0.05, 0.1) is 6.07 Å². The van der Waals surface area contributed by atoms with Crippen molar-refractivity contribution in [2.24, 2.45) is 0 Å². The zero-order valence-electron chi connectivity index (χ0n) is 8.41. The van der Waals surface area contributed by atoms with Crippen LogP contribution in [0.1, 0.15) is 6.42 Å². The molecule has 1 rings (SSSR count). The van der Waals surface area contributed by atoms with Crippen LogP contribution in [0.15, 0.2) is 29.2 Å². The first-order valence-electron chi connectivity index (χ1n) is 4.43. The second-order valence-corrected chi connectivity index (χ2v) is 4.10. The Hall–Kier alpha value is -1.68. The third-order valence-electron chi connectivity index (χ3n) is 1.59. The maximum absolute atomic E-state index is 12.1.